The minimum absolute atomic E-state index is 0.0508. The Bertz CT molecular complexity index is 338. The van der Waals surface area contributed by atoms with Gasteiger partial charge in [-0.25, -0.2) is 0 Å². The molecule has 0 aromatic carbocycles. The maximum Gasteiger partial charge on any atom is 0.309 e. The average Bonchev–Trinajstić information content (AvgIpc) is 2.52. The van der Waals surface area contributed by atoms with E-state index in [1.54, 1.807) is 0 Å². The van der Waals surface area contributed by atoms with Crippen LogP contribution in [0.15, 0.2) is 0 Å². The lowest BCUT2D eigenvalue weighted by molar-refractivity contribution is -0.146. The van der Waals surface area contributed by atoms with Gasteiger partial charge in [0.25, 0.3) is 0 Å². The van der Waals surface area contributed by atoms with Gasteiger partial charge in [0.1, 0.15) is 6.10 Å². The fourth-order valence-electron chi connectivity index (χ4n) is 4.81. The Hall–Kier alpha value is -0.530. The van der Waals surface area contributed by atoms with Gasteiger partial charge in [-0.2, -0.15) is 0 Å². The average molecular weight is 236 g/mol. The van der Waals surface area contributed by atoms with E-state index in [1.165, 1.54) is 25.7 Å². The lowest BCUT2D eigenvalue weighted by Gasteiger charge is -2.51. The molecule has 3 fully saturated rings. The Morgan fingerprint density at radius 3 is 2.88 bits per heavy atom. The fraction of sp³-hybridized carbons (Fsp3) is 0.933. The normalized spacial score (nSPS) is 53.8. The van der Waals surface area contributed by atoms with Gasteiger partial charge in [-0.15, -0.1) is 0 Å². The molecule has 3 aliphatic rings. The summed E-state index contributed by atoms with van der Waals surface area (Å²) in [6.07, 6.45) is 6.62. The van der Waals surface area contributed by atoms with E-state index in [2.05, 4.69) is 20.8 Å². The Kier molecular flexibility index (Phi) is 2.53. The van der Waals surface area contributed by atoms with Crippen molar-refractivity contribution in [3.8, 4) is 0 Å². The van der Waals surface area contributed by atoms with Crippen LogP contribution < -0.4 is 0 Å². The Labute approximate surface area is 104 Å². The van der Waals surface area contributed by atoms with Crippen LogP contribution in [0.2, 0.25) is 0 Å². The first-order valence-corrected chi connectivity index (χ1v) is 7.22. The summed E-state index contributed by atoms with van der Waals surface area (Å²) in [7, 11) is 0. The van der Waals surface area contributed by atoms with Gasteiger partial charge in [-0.3, -0.25) is 4.79 Å². The molecule has 2 nitrogen and oxygen atoms in total. The number of hydrogen-bond donors (Lipinski definition) is 0. The summed E-state index contributed by atoms with van der Waals surface area (Å²) in [5.74, 6) is 2.33. The summed E-state index contributed by atoms with van der Waals surface area (Å²) >= 11 is 0. The van der Waals surface area contributed by atoms with Crippen LogP contribution in [0.5, 0.6) is 0 Å². The Morgan fingerprint density at radius 2 is 2.12 bits per heavy atom. The molecule has 1 heterocycles. The third-order valence-electron chi connectivity index (χ3n) is 5.94. The molecule has 0 aromatic heterocycles. The number of hydrogen-bond acceptors (Lipinski definition) is 2. The molecule has 2 aliphatic carbocycles. The van der Waals surface area contributed by atoms with Crippen LogP contribution in [0.3, 0.4) is 0 Å². The Morgan fingerprint density at radius 1 is 1.35 bits per heavy atom. The van der Waals surface area contributed by atoms with E-state index in [-0.39, 0.29) is 18.0 Å². The van der Waals surface area contributed by atoms with Crippen LogP contribution in [0.4, 0.5) is 0 Å². The Balaban J connectivity index is 1.86. The second-order valence-electron chi connectivity index (χ2n) is 7.00. The summed E-state index contributed by atoms with van der Waals surface area (Å²) in [5, 5.41) is 0. The quantitative estimate of drug-likeness (QED) is 0.603. The van der Waals surface area contributed by atoms with Crippen LogP contribution >= 0.6 is 0 Å². The zero-order chi connectivity index (χ0) is 12.2. The van der Waals surface area contributed by atoms with Gasteiger partial charge in [0.2, 0.25) is 0 Å². The largest absolute Gasteiger partial charge is 0.462 e. The van der Waals surface area contributed by atoms with Crippen molar-refractivity contribution in [3.63, 3.8) is 0 Å². The molecule has 1 aliphatic heterocycles. The topological polar surface area (TPSA) is 26.3 Å². The second kappa shape index (κ2) is 3.73. The molecule has 0 radical (unpaired) electrons. The van der Waals surface area contributed by atoms with E-state index < -0.39 is 0 Å². The van der Waals surface area contributed by atoms with Gasteiger partial charge in [0, 0.05) is 5.92 Å². The highest BCUT2D eigenvalue weighted by molar-refractivity contribution is 5.74. The lowest BCUT2D eigenvalue weighted by atomic mass is 9.54. The molecular formula is C15H24O2. The number of rotatable bonds is 0. The summed E-state index contributed by atoms with van der Waals surface area (Å²) in [4.78, 5) is 11.7. The first-order valence-electron chi connectivity index (χ1n) is 7.22. The van der Waals surface area contributed by atoms with E-state index in [9.17, 15) is 4.79 Å². The van der Waals surface area contributed by atoms with E-state index >= 15 is 0 Å². The smallest absolute Gasteiger partial charge is 0.309 e. The SMILES string of the molecule is CC1CCC[C@]2(C)C[C@H]3OC(=O)[C@@H](C)C3CC12. The van der Waals surface area contributed by atoms with Crippen LogP contribution in [-0.4, -0.2) is 12.1 Å². The van der Waals surface area contributed by atoms with Crippen molar-refractivity contribution in [3.05, 3.63) is 0 Å². The molecule has 3 unspecified atom stereocenters. The number of carbonyl (C=O) groups excluding carboxylic acids is 1. The van der Waals surface area contributed by atoms with Crippen molar-refractivity contribution in [2.24, 2.45) is 29.1 Å². The summed E-state index contributed by atoms with van der Waals surface area (Å²) in [6.45, 7) is 6.90. The highest BCUT2D eigenvalue weighted by Gasteiger charge is 2.54. The highest BCUT2D eigenvalue weighted by Crippen LogP contribution is 2.57. The van der Waals surface area contributed by atoms with Crippen molar-refractivity contribution in [1.82, 2.24) is 0 Å². The minimum Gasteiger partial charge on any atom is -0.462 e. The predicted octanol–water partition coefficient (Wildman–Crippen LogP) is 3.40. The molecule has 2 saturated carbocycles. The number of carbonyl (C=O) groups is 1. The van der Waals surface area contributed by atoms with E-state index in [1.807, 2.05) is 0 Å². The van der Waals surface area contributed by atoms with Gasteiger partial charge in [0.15, 0.2) is 0 Å². The molecule has 0 aromatic rings. The maximum atomic E-state index is 11.7. The standard InChI is InChI=1S/C15H24O2/c1-9-5-4-6-15(3)8-13-11(7-12(9)15)10(2)14(16)17-13/h9-13H,4-8H2,1-3H3/t9?,10-,11?,12?,13+,15+/m0/s1. The second-order valence-corrected chi connectivity index (χ2v) is 7.00. The van der Waals surface area contributed by atoms with E-state index in [0.717, 1.165) is 18.3 Å². The minimum atomic E-state index is 0.0508. The van der Waals surface area contributed by atoms with Gasteiger partial charge in [0.05, 0.1) is 5.92 Å². The molecule has 0 spiro atoms. The van der Waals surface area contributed by atoms with E-state index in [4.69, 9.17) is 4.74 Å². The molecule has 0 N–H and O–H groups in total. The fourth-order valence-corrected chi connectivity index (χ4v) is 4.81. The molecular weight excluding hydrogens is 212 g/mol. The maximum absolute atomic E-state index is 11.7. The summed E-state index contributed by atoms with van der Waals surface area (Å²) < 4.78 is 5.59. The van der Waals surface area contributed by atoms with Crippen LogP contribution in [-0.2, 0) is 9.53 Å². The van der Waals surface area contributed by atoms with Crippen LogP contribution in [0.1, 0.15) is 52.9 Å². The third-order valence-corrected chi connectivity index (χ3v) is 5.94. The monoisotopic (exact) mass is 236 g/mol. The molecule has 6 atom stereocenters. The molecule has 3 rings (SSSR count). The van der Waals surface area contributed by atoms with Crippen LogP contribution in [0.25, 0.3) is 0 Å². The third kappa shape index (κ3) is 1.63. The van der Waals surface area contributed by atoms with Crippen LogP contribution in [0, 0.1) is 29.1 Å². The highest BCUT2D eigenvalue weighted by atomic mass is 16.6. The molecule has 96 valence electrons. The zero-order valence-corrected chi connectivity index (χ0v) is 11.2. The van der Waals surface area contributed by atoms with Crippen molar-refractivity contribution >= 4 is 5.97 Å². The van der Waals surface area contributed by atoms with Gasteiger partial charge >= 0.3 is 5.97 Å². The number of esters is 1. The molecule has 1 saturated heterocycles. The molecule has 0 amide bonds. The van der Waals surface area contributed by atoms with Crippen molar-refractivity contribution in [1.29, 1.82) is 0 Å². The van der Waals surface area contributed by atoms with Crippen molar-refractivity contribution in [2.45, 2.75) is 59.0 Å². The summed E-state index contributed by atoms with van der Waals surface area (Å²) in [6, 6.07) is 0. The number of ether oxygens (including phenoxy) is 1. The lowest BCUT2D eigenvalue weighted by Crippen LogP contribution is -2.46. The predicted molar refractivity (Wildman–Crippen MR) is 66.4 cm³/mol. The first-order chi connectivity index (χ1) is 8.01. The molecule has 0 bridgehead atoms. The molecule has 17 heavy (non-hydrogen) atoms. The van der Waals surface area contributed by atoms with E-state index in [0.29, 0.717) is 11.3 Å². The zero-order valence-electron chi connectivity index (χ0n) is 11.2. The molecule has 2 heteroatoms. The number of fused-ring (bicyclic) bond motifs is 2. The summed E-state index contributed by atoms with van der Waals surface area (Å²) in [5.41, 5.74) is 0.434. The van der Waals surface area contributed by atoms with Crippen molar-refractivity contribution < 1.29 is 9.53 Å². The first kappa shape index (κ1) is 11.6. The van der Waals surface area contributed by atoms with Gasteiger partial charge in [-0.1, -0.05) is 33.6 Å². The van der Waals surface area contributed by atoms with Crippen molar-refractivity contribution in [2.75, 3.05) is 0 Å². The van der Waals surface area contributed by atoms with Gasteiger partial charge in [-0.05, 0) is 36.5 Å². The van der Waals surface area contributed by atoms with Gasteiger partial charge < -0.3 is 4.74 Å².